The number of fused-ring (bicyclic) bond motifs is 6. The molecular weight excluding hydrogens is 548 g/mol. The molecule has 0 bridgehead atoms. The lowest BCUT2D eigenvalue weighted by Gasteiger charge is -2.12. The molecule has 0 aliphatic carbocycles. The quantitative estimate of drug-likeness (QED) is 0.210. The Morgan fingerprint density at radius 2 is 0.867 bits per heavy atom. The monoisotopic (exact) mass is 574 g/mol. The van der Waals surface area contributed by atoms with Crippen LogP contribution in [0, 0.1) is 0 Å². The van der Waals surface area contributed by atoms with Crippen molar-refractivity contribution in [3.63, 3.8) is 0 Å². The van der Waals surface area contributed by atoms with E-state index in [0.717, 1.165) is 22.4 Å². The molecule has 0 aliphatic heterocycles. The van der Waals surface area contributed by atoms with Gasteiger partial charge in [0.25, 0.3) is 0 Å². The van der Waals surface area contributed by atoms with Crippen LogP contribution in [-0.4, -0.2) is 19.5 Å². The van der Waals surface area contributed by atoms with Crippen LogP contribution in [-0.2, 0) is 0 Å². The van der Waals surface area contributed by atoms with Gasteiger partial charge in [0.2, 0.25) is 0 Å². The summed E-state index contributed by atoms with van der Waals surface area (Å²) in [5, 5.41) is 7.42. The molecule has 4 nitrogen and oxygen atoms in total. The summed E-state index contributed by atoms with van der Waals surface area (Å²) in [6.45, 7) is 0. The Morgan fingerprint density at radius 3 is 1.49 bits per heavy atom. The lowest BCUT2D eigenvalue weighted by atomic mass is 10.0. The van der Waals surface area contributed by atoms with Crippen LogP contribution >= 0.6 is 0 Å². The summed E-state index contributed by atoms with van der Waals surface area (Å²) in [5.41, 5.74) is 6.34. The molecule has 0 fully saturated rings. The third-order valence-corrected chi connectivity index (χ3v) is 8.60. The second-order valence-corrected chi connectivity index (χ2v) is 11.3. The van der Waals surface area contributed by atoms with Crippen LogP contribution in [0.3, 0.4) is 0 Å². The molecule has 0 spiro atoms. The van der Waals surface area contributed by atoms with E-state index in [9.17, 15) is 0 Å². The summed E-state index contributed by atoms with van der Waals surface area (Å²) < 4.78 is 2.40. The number of rotatable bonds is 4. The highest BCUT2D eigenvalue weighted by molar-refractivity contribution is 6.20. The highest BCUT2D eigenvalue weighted by Crippen LogP contribution is 2.38. The van der Waals surface area contributed by atoms with Crippen molar-refractivity contribution in [2.75, 3.05) is 0 Å². The number of nitrogens with zero attached hydrogens (tertiary/aromatic N) is 4. The molecule has 210 valence electrons. The molecule has 9 rings (SSSR count). The first-order chi connectivity index (χ1) is 22.3. The molecule has 0 aliphatic rings. The number of hydrogen-bond acceptors (Lipinski definition) is 3. The Morgan fingerprint density at radius 1 is 0.356 bits per heavy atom. The van der Waals surface area contributed by atoms with E-state index in [-0.39, 0.29) is 0 Å². The van der Waals surface area contributed by atoms with Crippen molar-refractivity contribution in [1.29, 1.82) is 0 Å². The smallest absolute Gasteiger partial charge is 0.164 e. The molecule has 0 atom stereocenters. The van der Waals surface area contributed by atoms with Gasteiger partial charge in [0.1, 0.15) is 0 Å². The van der Waals surface area contributed by atoms with Gasteiger partial charge in [-0.25, -0.2) is 15.0 Å². The minimum absolute atomic E-state index is 0.646. The SMILES string of the molecule is c1ccc(-c2nc(-c3ccccc3)nc(-c3ccc(-n4c5cc6ccccc6cc5c5ccc6ccccc6c54)cc3)n2)cc1. The summed E-state index contributed by atoms with van der Waals surface area (Å²) in [6.07, 6.45) is 0. The van der Waals surface area contributed by atoms with Crippen molar-refractivity contribution >= 4 is 43.4 Å². The van der Waals surface area contributed by atoms with Crippen molar-refractivity contribution < 1.29 is 0 Å². The van der Waals surface area contributed by atoms with E-state index in [4.69, 9.17) is 15.0 Å². The van der Waals surface area contributed by atoms with Gasteiger partial charge in [-0.2, -0.15) is 0 Å². The lowest BCUT2D eigenvalue weighted by molar-refractivity contribution is 1.07. The standard InChI is InChI=1S/C41H26N4/c1-3-12-28(13-4-1)39-42-40(29-14-5-2-6-15-29)44-41(43-39)30-19-22-33(23-20-30)45-37-26-32-17-8-7-16-31(32)25-36(37)35-24-21-27-11-9-10-18-34(27)38(35)45/h1-26H. The van der Waals surface area contributed by atoms with E-state index < -0.39 is 0 Å². The van der Waals surface area contributed by atoms with Gasteiger partial charge in [-0.05, 0) is 52.6 Å². The van der Waals surface area contributed by atoms with Gasteiger partial charge in [-0.15, -0.1) is 0 Å². The molecule has 45 heavy (non-hydrogen) atoms. The Labute approximate surface area is 259 Å². The first kappa shape index (κ1) is 25.4. The predicted molar refractivity (Wildman–Crippen MR) is 185 cm³/mol. The minimum atomic E-state index is 0.646. The molecule has 2 heterocycles. The molecule has 0 saturated heterocycles. The molecule has 4 heteroatoms. The Hall–Kier alpha value is -6.13. The Kier molecular flexibility index (Phi) is 5.78. The van der Waals surface area contributed by atoms with Crippen LogP contribution in [0.25, 0.3) is 83.2 Å². The van der Waals surface area contributed by atoms with Gasteiger partial charge in [0.05, 0.1) is 11.0 Å². The maximum atomic E-state index is 4.94. The molecule has 9 aromatic rings. The van der Waals surface area contributed by atoms with E-state index in [2.05, 4.69) is 102 Å². The first-order valence-electron chi connectivity index (χ1n) is 15.1. The molecule has 2 aromatic heterocycles. The van der Waals surface area contributed by atoms with Gasteiger partial charge in [-0.3, -0.25) is 0 Å². The Balaban J connectivity index is 1.25. The number of benzene rings is 7. The highest BCUT2D eigenvalue weighted by Gasteiger charge is 2.17. The Bertz CT molecular complexity index is 2460. The van der Waals surface area contributed by atoms with E-state index >= 15 is 0 Å². The second-order valence-electron chi connectivity index (χ2n) is 11.3. The molecule has 0 saturated carbocycles. The van der Waals surface area contributed by atoms with Crippen molar-refractivity contribution in [2.24, 2.45) is 0 Å². The molecule has 7 aromatic carbocycles. The summed E-state index contributed by atoms with van der Waals surface area (Å²) in [5.74, 6) is 1.96. The largest absolute Gasteiger partial charge is 0.309 e. The zero-order valence-electron chi connectivity index (χ0n) is 24.3. The maximum absolute atomic E-state index is 4.94. The number of hydrogen-bond donors (Lipinski definition) is 0. The zero-order chi connectivity index (χ0) is 29.7. The van der Waals surface area contributed by atoms with Crippen molar-refractivity contribution in [2.45, 2.75) is 0 Å². The summed E-state index contributed by atoms with van der Waals surface area (Å²) in [6, 6.07) is 55.2. The average Bonchev–Trinajstić information content (AvgIpc) is 3.45. The van der Waals surface area contributed by atoms with E-state index in [1.807, 2.05) is 60.7 Å². The fraction of sp³-hybridized carbons (Fsp3) is 0. The van der Waals surface area contributed by atoms with Gasteiger partial charge >= 0.3 is 0 Å². The molecule has 0 unspecified atom stereocenters. The third kappa shape index (κ3) is 4.27. The van der Waals surface area contributed by atoms with Crippen molar-refractivity contribution in [1.82, 2.24) is 19.5 Å². The van der Waals surface area contributed by atoms with Crippen molar-refractivity contribution in [3.05, 3.63) is 158 Å². The van der Waals surface area contributed by atoms with Crippen LogP contribution in [0.15, 0.2) is 158 Å². The highest BCUT2D eigenvalue weighted by atomic mass is 15.0. The topological polar surface area (TPSA) is 43.6 Å². The second kappa shape index (κ2) is 10.2. The minimum Gasteiger partial charge on any atom is -0.309 e. The predicted octanol–water partition coefficient (Wildman–Crippen LogP) is 10.3. The summed E-state index contributed by atoms with van der Waals surface area (Å²) >= 11 is 0. The maximum Gasteiger partial charge on any atom is 0.164 e. The van der Waals surface area contributed by atoms with Crippen LogP contribution in [0.4, 0.5) is 0 Å². The van der Waals surface area contributed by atoms with E-state index in [0.29, 0.717) is 17.5 Å². The van der Waals surface area contributed by atoms with E-state index in [1.165, 1.54) is 43.4 Å². The zero-order valence-corrected chi connectivity index (χ0v) is 24.3. The van der Waals surface area contributed by atoms with Crippen LogP contribution < -0.4 is 0 Å². The van der Waals surface area contributed by atoms with E-state index in [1.54, 1.807) is 0 Å². The number of aromatic nitrogens is 4. The van der Waals surface area contributed by atoms with Gasteiger partial charge in [0.15, 0.2) is 17.5 Å². The fourth-order valence-electron chi connectivity index (χ4n) is 6.43. The average molecular weight is 575 g/mol. The van der Waals surface area contributed by atoms with Crippen molar-refractivity contribution in [3.8, 4) is 39.9 Å². The third-order valence-electron chi connectivity index (χ3n) is 8.60. The lowest BCUT2D eigenvalue weighted by Crippen LogP contribution is -2.00. The van der Waals surface area contributed by atoms with Crippen LogP contribution in [0.1, 0.15) is 0 Å². The van der Waals surface area contributed by atoms with Crippen LogP contribution in [0.2, 0.25) is 0 Å². The summed E-state index contributed by atoms with van der Waals surface area (Å²) in [4.78, 5) is 14.7. The molecule has 0 amide bonds. The van der Waals surface area contributed by atoms with Gasteiger partial charge in [0, 0.05) is 38.5 Å². The molecular formula is C41H26N4. The van der Waals surface area contributed by atoms with Crippen LogP contribution in [0.5, 0.6) is 0 Å². The summed E-state index contributed by atoms with van der Waals surface area (Å²) in [7, 11) is 0. The van der Waals surface area contributed by atoms with Gasteiger partial charge < -0.3 is 4.57 Å². The normalized spacial score (nSPS) is 11.6. The fourth-order valence-corrected chi connectivity index (χ4v) is 6.43. The molecule has 0 radical (unpaired) electrons. The first-order valence-corrected chi connectivity index (χ1v) is 15.1. The van der Waals surface area contributed by atoms with Gasteiger partial charge in [-0.1, -0.05) is 121 Å². The molecule has 0 N–H and O–H groups in total.